The third-order valence-electron chi connectivity index (χ3n) is 9.52. The first kappa shape index (κ1) is 43.7. The van der Waals surface area contributed by atoms with E-state index in [1.807, 2.05) is 243 Å². The first-order valence-corrected chi connectivity index (χ1v) is 25.5. The van der Waals surface area contributed by atoms with Crippen molar-refractivity contribution in [2.45, 2.75) is 0 Å². The third kappa shape index (κ3) is 9.78. The molecule has 0 aliphatic heterocycles. The van der Waals surface area contributed by atoms with Crippen LogP contribution < -0.4 is 52.2 Å². The SMILES string of the molecule is O=P(NP(=O)(c1ccccc1)c1ccccc1)(c1ccccc1)c1ccccc1.O=P(NP(=O)(c1ccccc1)c1ccccc1)(c1ccccc1)c1ccccc1.[Cu]. The maximum Gasteiger partial charge on any atom is 0.210 e. The quantitative estimate of drug-likeness (QED) is 0.0942. The van der Waals surface area contributed by atoms with Crippen LogP contribution in [-0.4, -0.2) is 0 Å². The van der Waals surface area contributed by atoms with Crippen molar-refractivity contribution in [2.24, 2.45) is 0 Å². The fourth-order valence-corrected chi connectivity index (χ4v) is 19.4. The summed E-state index contributed by atoms with van der Waals surface area (Å²) in [5.74, 6) is 0. The van der Waals surface area contributed by atoms with E-state index >= 15 is 0 Å². The van der Waals surface area contributed by atoms with Crippen molar-refractivity contribution in [2.75, 3.05) is 0 Å². The summed E-state index contributed by atoms with van der Waals surface area (Å²) < 4.78 is 58.0. The Morgan fingerprint density at radius 1 is 0.203 bits per heavy atom. The summed E-state index contributed by atoms with van der Waals surface area (Å²) in [6.07, 6.45) is 0. The number of hydrogen-bond donors (Lipinski definition) is 2. The Balaban J connectivity index is 0.000000195. The van der Waals surface area contributed by atoms with E-state index in [0.717, 1.165) is 0 Å². The zero-order valence-corrected chi connectivity index (χ0v) is 36.3. The first-order valence-electron chi connectivity index (χ1n) is 18.7. The molecule has 2 N–H and O–H groups in total. The smallest absolute Gasteiger partial charge is 0.210 e. The summed E-state index contributed by atoms with van der Waals surface area (Å²) >= 11 is 0. The number of hydrogen-bond acceptors (Lipinski definition) is 4. The number of benzene rings is 8. The van der Waals surface area contributed by atoms with Gasteiger partial charge in [0.1, 0.15) is 0 Å². The van der Waals surface area contributed by atoms with Gasteiger partial charge in [0.25, 0.3) is 0 Å². The Kier molecular flexibility index (Phi) is 14.7. The molecule has 0 saturated heterocycles. The molecule has 299 valence electrons. The minimum absolute atomic E-state index is 0. The molecular weight excluding hydrogens is 856 g/mol. The summed E-state index contributed by atoms with van der Waals surface area (Å²) in [4.78, 5) is 6.37. The standard InChI is InChI=1S/2C24H21NO2P2.Cu/c2*26-28(21-13-5-1-6-14-21,22-15-7-2-8-16-22)25-29(27,23-17-9-3-10-18-23)24-19-11-4-12-20-24;/h2*1-20H,(H,25,26,27);. The molecule has 0 atom stereocenters. The molecule has 0 bridgehead atoms. The zero-order valence-electron chi connectivity index (χ0n) is 31.8. The van der Waals surface area contributed by atoms with E-state index in [9.17, 15) is 18.3 Å². The van der Waals surface area contributed by atoms with Crippen molar-refractivity contribution in [3.05, 3.63) is 243 Å². The second-order valence-electron chi connectivity index (χ2n) is 13.3. The fraction of sp³-hybridized carbons (Fsp3) is 0. The van der Waals surface area contributed by atoms with Crippen LogP contribution in [0.15, 0.2) is 243 Å². The van der Waals surface area contributed by atoms with Gasteiger partial charge >= 0.3 is 0 Å². The second kappa shape index (κ2) is 19.9. The summed E-state index contributed by atoms with van der Waals surface area (Å²) in [5.41, 5.74) is 0. The predicted molar refractivity (Wildman–Crippen MR) is 245 cm³/mol. The van der Waals surface area contributed by atoms with Crippen LogP contribution >= 0.6 is 29.2 Å². The molecule has 11 heteroatoms. The van der Waals surface area contributed by atoms with E-state index in [-0.39, 0.29) is 17.1 Å². The molecule has 0 heterocycles. The molecule has 1 radical (unpaired) electrons. The van der Waals surface area contributed by atoms with E-state index in [1.54, 1.807) is 0 Å². The van der Waals surface area contributed by atoms with Crippen molar-refractivity contribution < 1.29 is 35.3 Å². The Morgan fingerprint density at radius 3 is 0.407 bits per heavy atom. The molecule has 0 unspecified atom stereocenters. The van der Waals surface area contributed by atoms with E-state index in [2.05, 4.69) is 9.72 Å². The minimum atomic E-state index is -3.39. The molecule has 0 aromatic heterocycles. The van der Waals surface area contributed by atoms with Gasteiger partial charge in [0, 0.05) is 59.5 Å². The molecule has 0 amide bonds. The largest absolute Gasteiger partial charge is 0.296 e. The van der Waals surface area contributed by atoms with Gasteiger partial charge in [-0.15, -0.1) is 0 Å². The maximum absolute atomic E-state index is 14.5. The zero-order chi connectivity index (χ0) is 40.3. The summed E-state index contributed by atoms with van der Waals surface area (Å²) in [6, 6.07) is 73.8. The molecular formula is C48H42CuN2O4P4. The molecule has 0 saturated carbocycles. The van der Waals surface area contributed by atoms with Gasteiger partial charge in [0.2, 0.25) is 29.2 Å². The van der Waals surface area contributed by atoms with Gasteiger partial charge in [-0.1, -0.05) is 146 Å². The average molecular weight is 898 g/mol. The summed E-state index contributed by atoms with van der Waals surface area (Å²) in [6.45, 7) is 0. The van der Waals surface area contributed by atoms with Crippen LogP contribution in [0.1, 0.15) is 0 Å². The van der Waals surface area contributed by atoms with E-state index in [4.69, 9.17) is 0 Å². The summed E-state index contributed by atoms with van der Waals surface area (Å²) in [5, 5.41) is 4.99. The van der Waals surface area contributed by atoms with Gasteiger partial charge in [-0.25, -0.2) is 9.72 Å². The van der Waals surface area contributed by atoms with Crippen LogP contribution in [0, 0.1) is 0 Å². The van der Waals surface area contributed by atoms with E-state index in [1.165, 1.54) is 0 Å². The minimum Gasteiger partial charge on any atom is -0.296 e. The molecule has 0 aliphatic rings. The predicted octanol–water partition coefficient (Wildman–Crippen LogP) is 8.87. The summed E-state index contributed by atoms with van der Waals surface area (Å²) in [7, 11) is -13.6. The monoisotopic (exact) mass is 897 g/mol. The van der Waals surface area contributed by atoms with Crippen LogP contribution in [0.5, 0.6) is 0 Å². The fourth-order valence-electron chi connectivity index (χ4n) is 6.56. The van der Waals surface area contributed by atoms with Gasteiger partial charge in [-0.2, -0.15) is 0 Å². The van der Waals surface area contributed by atoms with E-state index < -0.39 is 29.2 Å². The van der Waals surface area contributed by atoms with Crippen LogP contribution in [-0.2, 0) is 35.3 Å². The van der Waals surface area contributed by atoms with Gasteiger partial charge in [-0.3, -0.25) is 18.3 Å². The van der Waals surface area contributed by atoms with Crippen molar-refractivity contribution in [3.63, 3.8) is 0 Å². The first-order chi connectivity index (χ1) is 28.3. The molecule has 59 heavy (non-hydrogen) atoms. The molecule has 6 nitrogen and oxygen atoms in total. The van der Waals surface area contributed by atoms with E-state index in [0.29, 0.717) is 42.4 Å². The third-order valence-corrected chi connectivity index (χ3v) is 22.2. The van der Waals surface area contributed by atoms with Crippen LogP contribution in [0.4, 0.5) is 0 Å². The molecule has 8 rings (SSSR count). The number of nitrogens with one attached hydrogen (secondary N) is 2. The molecule has 8 aromatic rings. The molecule has 0 aliphatic carbocycles. The average Bonchev–Trinajstić information content (AvgIpc) is 3.31. The Labute approximate surface area is 357 Å². The van der Waals surface area contributed by atoms with Gasteiger partial charge < -0.3 is 0 Å². The Morgan fingerprint density at radius 2 is 0.305 bits per heavy atom. The van der Waals surface area contributed by atoms with Crippen molar-refractivity contribution in [1.82, 2.24) is 9.72 Å². The van der Waals surface area contributed by atoms with Gasteiger partial charge in [0.15, 0.2) is 0 Å². The normalized spacial score (nSPS) is 11.7. The topological polar surface area (TPSA) is 92.3 Å². The molecule has 8 aromatic carbocycles. The van der Waals surface area contributed by atoms with Crippen LogP contribution in [0.25, 0.3) is 0 Å². The maximum atomic E-state index is 14.5. The Bertz CT molecular complexity index is 2160. The van der Waals surface area contributed by atoms with Crippen LogP contribution in [0.2, 0.25) is 0 Å². The van der Waals surface area contributed by atoms with Gasteiger partial charge in [0.05, 0.1) is 0 Å². The van der Waals surface area contributed by atoms with Crippen molar-refractivity contribution in [3.8, 4) is 0 Å². The van der Waals surface area contributed by atoms with Crippen molar-refractivity contribution >= 4 is 71.6 Å². The second-order valence-corrected chi connectivity index (χ2v) is 23.9. The number of rotatable bonds is 12. The van der Waals surface area contributed by atoms with Crippen LogP contribution in [0.3, 0.4) is 0 Å². The molecule has 0 fully saturated rings. The van der Waals surface area contributed by atoms with Crippen molar-refractivity contribution in [1.29, 1.82) is 0 Å². The molecule has 0 spiro atoms. The van der Waals surface area contributed by atoms with Gasteiger partial charge in [-0.05, 0) is 97.1 Å². The Hall–Kier alpha value is -4.88.